The summed E-state index contributed by atoms with van der Waals surface area (Å²) >= 11 is 5.87. The Morgan fingerprint density at radius 3 is 2.81 bits per heavy atom. The van der Waals surface area contributed by atoms with E-state index in [9.17, 15) is 14.4 Å². The number of fused-ring (bicyclic) bond motifs is 1. The Morgan fingerprint density at radius 2 is 2.04 bits per heavy atom. The molecule has 0 aliphatic rings. The van der Waals surface area contributed by atoms with Crippen LogP contribution < -0.4 is 11.1 Å². The summed E-state index contributed by atoms with van der Waals surface area (Å²) in [5, 5.41) is 3.08. The molecule has 3 rings (SSSR count). The lowest BCUT2D eigenvalue weighted by molar-refractivity contribution is -0.116. The number of halogens is 1. The number of hydrogen-bond donors (Lipinski definition) is 1. The molecular weight excluding hydrogens is 360 g/mol. The van der Waals surface area contributed by atoms with Gasteiger partial charge in [-0.3, -0.25) is 9.36 Å². The van der Waals surface area contributed by atoms with Crippen LogP contribution in [0.3, 0.4) is 0 Å². The molecule has 0 aliphatic carbocycles. The summed E-state index contributed by atoms with van der Waals surface area (Å²) in [5.74, 6) is -1.57. The number of ether oxygens (including phenoxy) is 1. The van der Waals surface area contributed by atoms with Gasteiger partial charge in [0.25, 0.3) is 0 Å². The van der Waals surface area contributed by atoms with E-state index < -0.39 is 17.6 Å². The van der Waals surface area contributed by atoms with Crippen LogP contribution in [0.5, 0.6) is 0 Å². The van der Waals surface area contributed by atoms with Crippen molar-refractivity contribution in [2.24, 2.45) is 0 Å². The van der Waals surface area contributed by atoms with Gasteiger partial charge in [0.05, 0.1) is 17.7 Å². The summed E-state index contributed by atoms with van der Waals surface area (Å²) in [6.07, 6.45) is 0. The number of benzene rings is 2. The Morgan fingerprint density at radius 1 is 1.23 bits per heavy atom. The van der Waals surface area contributed by atoms with Crippen LogP contribution in [0, 0.1) is 0 Å². The number of carbonyl (C=O) groups is 2. The van der Waals surface area contributed by atoms with E-state index in [0.29, 0.717) is 27.4 Å². The number of rotatable bonds is 5. The fourth-order valence-corrected chi connectivity index (χ4v) is 2.63. The molecule has 1 N–H and O–H groups in total. The SMILES string of the molecule is CCOC(=O)c1cccc(NC(=O)Cn2c(=O)oc3cc(Cl)ccc32)c1. The molecule has 1 heterocycles. The Balaban J connectivity index is 1.78. The van der Waals surface area contributed by atoms with E-state index in [2.05, 4.69) is 5.32 Å². The van der Waals surface area contributed by atoms with Crippen molar-refractivity contribution in [3.05, 3.63) is 63.6 Å². The van der Waals surface area contributed by atoms with Crippen molar-refractivity contribution in [2.45, 2.75) is 13.5 Å². The number of oxazole rings is 1. The van der Waals surface area contributed by atoms with Crippen molar-refractivity contribution in [1.29, 1.82) is 0 Å². The largest absolute Gasteiger partial charge is 0.462 e. The number of nitrogens with one attached hydrogen (secondary N) is 1. The first-order valence-corrected chi connectivity index (χ1v) is 8.21. The number of esters is 1. The highest BCUT2D eigenvalue weighted by Crippen LogP contribution is 2.18. The van der Waals surface area contributed by atoms with Gasteiger partial charge in [-0.1, -0.05) is 17.7 Å². The van der Waals surface area contributed by atoms with Crippen LogP contribution in [0.1, 0.15) is 17.3 Å². The van der Waals surface area contributed by atoms with Crippen LogP contribution in [-0.2, 0) is 16.1 Å². The standard InChI is InChI=1S/C18H15ClN2O5/c1-2-25-17(23)11-4-3-5-13(8-11)20-16(22)10-21-14-7-6-12(19)9-15(14)26-18(21)24/h3-9H,2,10H2,1H3,(H,20,22). The third-order valence-electron chi connectivity index (χ3n) is 3.59. The fraction of sp³-hybridized carbons (Fsp3) is 0.167. The van der Waals surface area contributed by atoms with E-state index in [1.165, 1.54) is 16.7 Å². The molecule has 0 fully saturated rings. The molecule has 0 radical (unpaired) electrons. The first-order chi connectivity index (χ1) is 12.5. The maximum absolute atomic E-state index is 12.3. The molecule has 0 saturated heterocycles. The Labute approximate surface area is 153 Å². The molecular formula is C18H15ClN2O5. The predicted molar refractivity (Wildman–Crippen MR) is 96.5 cm³/mol. The van der Waals surface area contributed by atoms with Crippen LogP contribution in [0.15, 0.2) is 51.7 Å². The summed E-state index contributed by atoms with van der Waals surface area (Å²) in [4.78, 5) is 36.0. The van der Waals surface area contributed by atoms with Crippen LogP contribution in [0.2, 0.25) is 5.02 Å². The average molecular weight is 375 g/mol. The summed E-state index contributed by atoms with van der Waals surface area (Å²) in [5.41, 5.74) is 1.52. The van der Waals surface area contributed by atoms with E-state index in [1.54, 1.807) is 37.3 Å². The van der Waals surface area contributed by atoms with Gasteiger partial charge in [-0.05, 0) is 37.3 Å². The summed E-state index contributed by atoms with van der Waals surface area (Å²) < 4.78 is 11.2. The van der Waals surface area contributed by atoms with E-state index in [-0.39, 0.29) is 13.2 Å². The van der Waals surface area contributed by atoms with Gasteiger partial charge < -0.3 is 14.5 Å². The fourth-order valence-electron chi connectivity index (χ4n) is 2.47. The molecule has 0 spiro atoms. The molecule has 0 bridgehead atoms. The van der Waals surface area contributed by atoms with Gasteiger partial charge in [0.15, 0.2) is 5.58 Å². The first kappa shape index (κ1) is 17.8. The predicted octanol–water partition coefficient (Wildman–Crippen LogP) is 3.06. The van der Waals surface area contributed by atoms with Crippen molar-refractivity contribution in [1.82, 2.24) is 4.57 Å². The van der Waals surface area contributed by atoms with Crippen molar-refractivity contribution < 1.29 is 18.7 Å². The first-order valence-electron chi connectivity index (χ1n) is 7.84. The molecule has 1 aromatic heterocycles. The number of anilines is 1. The maximum Gasteiger partial charge on any atom is 0.420 e. The topological polar surface area (TPSA) is 90.5 Å². The second-order valence-electron chi connectivity index (χ2n) is 5.42. The molecule has 0 unspecified atom stereocenters. The molecule has 0 aliphatic heterocycles. The molecule has 0 saturated carbocycles. The van der Waals surface area contributed by atoms with Gasteiger partial charge in [-0.2, -0.15) is 0 Å². The molecule has 8 heteroatoms. The summed E-state index contributed by atoms with van der Waals surface area (Å²) in [6, 6.07) is 11.1. The number of hydrogen-bond acceptors (Lipinski definition) is 5. The Kier molecular flexibility index (Phi) is 5.09. The highest BCUT2D eigenvalue weighted by atomic mass is 35.5. The van der Waals surface area contributed by atoms with E-state index >= 15 is 0 Å². The number of amides is 1. The van der Waals surface area contributed by atoms with E-state index in [4.69, 9.17) is 20.8 Å². The number of aromatic nitrogens is 1. The molecule has 0 atom stereocenters. The Hall–Kier alpha value is -3.06. The lowest BCUT2D eigenvalue weighted by Gasteiger charge is -2.07. The minimum absolute atomic E-state index is 0.239. The maximum atomic E-state index is 12.3. The molecule has 3 aromatic rings. The monoisotopic (exact) mass is 374 g/mol. The van der Waals surface area contributed by atoms with Crippen LogP contribution in [0.4, 0.5) is 5.69 Å². The van der Waals surface area contributed by atoms with Gasteiger partial charge in [0.1, 0.15) is 6.54 Å². The quantitative estimate of drug-likeness (QED) is 0.693. The van der Waals surface area contributed by atoms with Gasteiger partial charge in [0, 0.05) is 16.8 Å². The average Bonchev–Trinajstić information content (AvgIpc) is 2.90. The third kappa shape index (κ3) is 3.78. The van der Waals surface area contributed by atoms with Gasteiger partial charge in [0.2, 0.25) is 5.91 Å². The third-order valence-corrected chi connectivity index (χ3v) is 3.82. The molecule has 7 nitrogen and oxygen atoms in total. The van der Waals surface area contributed by atoms with Gasteiger partial charge in [-0.15, -0.1) is 0 Å². The van der Waals surface area contributed by atoms with E-state index in [0.717, 1.165) is 0 Å². The summed E-state index contributed by atoms with van der Waals surface area (Å²) in [6.45, 7) is 1.73. The van der Waals surface area contributed by atoms with Crippen molar-refractivity contribution >= 4 is 40.3 Å². The Bertz CT molecular complexity index is 1040. The van der Waals surface area contributed by atoms with Crippen molar-refractivity contribution in [3.8, 4) is 0 Å². The molecule has 2 aromatic carbocycles. The van der Waals surface area contributed by atoms with Gasteiger partial charge >= 0.3 is 11.7 Å². The zero-order valence-electron chi connectivity index (χ0n) is 13.8. The highest BCUT2D eigenvalue weighted by Gasteiger charge is 2.14. The summed E-state index contributed by atoms with van der Waals surface area (Å²) in [7, 11) is 0. The zero-order chi connectivity index (χ0) is 18.7. The van der Waals surface area contributed by atoms with E-state index in [1.807, 2.05) is 0 Å². The van der Waals surface area contributed by atoms with Gasteiger partial charge in [-0.25, -0.2) is 9.59 Å². The smallest absolute Gasteiger partial charge is 0.420 e. The van der Waals surface area contributed by atoms with Crippen LogP contribution in [0.25, 0.3) is 11.1 Å². The lowest BCUT2D eigenvalue weighted by Crippen LogP contribution is -2.24. The minimum atomic E-state index is -0.655. The van der Waals surface area contributed by atoms with Crippen molar-refractivity contribution in [2.75, 3.05) is 11.9 Å². The number of nitrogens with zero attached hydrogens (tertiary/aromatic N) is 1. The normalized spacial score (nSPS) is 10.7. The van der Waals surface area contributed by atoms with Crippen LogP contribution in [-0.4, -0.2) is 23.1 Å². The van der Waals surface area contributed by atoms with Crippen molar-refractivity contribution in [3.63, 3.8) is 0 Å². The molecule has 1 amide bonds. The molecule has 26 heavy (non-hydrogen) atoms. The zero-order valence-corrected chi connectivity index (χ0v) is 14.6. The minimum Gasteiger partial charge on any atom is -0.462 e. The molecule has 134 valence electrons. The second-order valence-corrected chi connectivity index (χ2v) is 5.85. The van der Waals surface area contributed by atoms with Crippen LogP contribution >= 0.6 is 11.6 Å². The lowest BCUT2D eigenvalue weighted by atomic mass is 10.2. The second kappa shape index (κ2) is 7.45. The number of carbonyl (C=O) groups excluding carboxylic acids is 2. The highest BCUT2D eigenvalue weighted by molar-refractivity contribution is 6.31.